The Hall–Kier alpha value is -1.79. The number of ether oxygens (including phenoxy) is 2. The molecule has 1 saturated heterocycles. The molecule has 0 saturated carbocycles. The number of hydrogen-bond donors (Lipinski definition) is 2. The second-order valence-electron chi connectivity index (χ2n) is 5.96. The third-order valence-corrected chi connectivity index (χ3v) is 4.02. The van der Waals surface area contributed by atoms with E-state index in [0.29, 0.717) is 6.54 Å². The van der Waals surface area contributed by atoms with Crippen molar-refractivity contribution in [2.45, 2.75) is 19.4 Å². The summed E-state index contributed by atoms with van der Waals surface area (Å²) in [4.78, 5) is 6.94. The Labute approximate surface area is 145 Å². The van der Waals surface area contributed by atoms with Gasteiger partial charge >= 0.3 is 0 Å². The summed E-state index contributed by atoms with van der Waals surface area (Å²) < 4.78 is 11.2. The largest absolute Gasteiger partial charge is 0.496 e. The molecule has 1 aliphatic rings. The molecule has 1 aliphatic heterocycles. The number of likely N-dealkylation sites (N-methyl/N-ethyl adjacent to an activating group) is 1. The van der Waals surface area contributed by atoms with Gasteiger partial charge in [0.2, 0.25) is 0 Å². The number of para-hydroxylation sites is 1. The van der Waals surface area contributed by atoms with Gasteiger partial charge in [-0.15, -0.1) is 0 Å². The number of morpholine rings is 1. The summed E-state index contributed by atoms with van der Waals surface area (Å²) in [6.45, 7) is 7.11. The molecule has 1 aromatic rings. The van der Waals surface area contributed by atoms with E-state index in [4.69, 9.17) is 9.47 Å². The number of aliphatic imine (C=N–C) groups is 1. The highest BCUT2D eigenvalue weighted by molar-refractivity contribution is 5.79. The lowest BCUT2D eigenvalue weighted by atomic mass is 10.1. The van der Waals surface area contributed by atoms with Crippen LogP contribution in [0.15, 0.2) is 29.3 Å². The molecule has 0 radical (unpaired) electrons. The first-order chi connectivity index (χ1) is 11.7. The number of nitrogens with zero attached hydrogens (tertiary/aromatic N) is 2. The highest BCUT2D eigenvalue weighted by Gasteiger charge is 2.17. The lowest BCUT2D eigenvalue weighted by molar-refractivity contribution is -0.0136. The van der Waals surface area contributed by atoms with Crippen molar-refractivity contribution in [3.63, 3.8) is 0 Å². The van der Waals surface area contributed by atoms with Crippen LogP contribution in [-0.2, 0) is 11.2 Å². The summed E-state index contributed by atoms with van der Waals surface area (Å²) in [6, 6.07) is 8.11. The molecule has 1 aromatic carbocycles. The van der Waals surface area contributed by atoms with Gasteiger partial charge in [-0.05, 0) is 32.0 Å². The van der Waals surface area contributed by atoms with Crippen molar-refractivity contribution < 1.29 is 9.47 Å². The number of rotatable bonds is 7. The van der Waals surface area contributed by atoms with Crippen LogP contribution in [0, 0.1) is 0 Å². The minimum atomic E-state index is 0.174. The van der Waals surface area contributed by atoms with Crippen molar-refractivity contribution in [1.82, 2.24) is 15.5 Å². The average Bonchev–Trinajstić information content (AvgIpc) is 2.60. The zero-order valence-electron chi connectivity index (χ0n) is 15.0. The van der Waals surface area contributed by atoms with Crippen LogP contribution in [0.25, 0.3) is 0 Å². The molecule has 6 nitrogen and oxygen atoms in total. The molecule has 24 heavy (non-hydrogen) atoms. The Bertz CT molecular complexity index is 521. The lowest BCUT2D eigenvalue weighted by Crippen LogP contribution is -2.43. The molecule has 6 heteroatoms. The third-order valence-electron chi connectivity index (χ3n) is 4.02. The van der Waals surface area contributed by atoms with Crippen molar-refractivity contribution >= 4 is 5.96 Å². The summed E-state index contributed by atoms with van der Waals surface area (Å²) in [5, 5.41) is 6.67. The Morgan fingerprint density at radius 2 is 2.21 bits per heavy atom. The molecule has 0 aromatic heterocycles. The Kier molecular flexibility index (Phi) is 7.85. The predicted octanol–water partition coefficient (Wildman–Crippen LogP) is 1.12. The van der Waals surface area contributed by atoms with E-state index in [0.717, 1.165) is 50.9 Å². The van der Waals surface area contributed by atoms with Crippen molar-refractivity contribution in [2.75, 3.05) is 53.5 Å². The Morgan fingerprint density at radius 3 is 2.96 bits per heavy atom. The fraction of sp³-hybridized carbons (Fsp3) is 0.611. The summed E-state index contributed by atoms with van der Waals surface area (Å²) in [7, 11) is 3.83. The van der Waals surface area contributed by atoms with Crippen LogP contribution in [0.5, 0.6) is 5.75 Å². The highest BCUT2D eigenvalue weighted by Crippen LogP contribution is 2.17. The third kappa shape index (κ3) is 6.02. The summed E-state index contributed by atoms with van der Waals surface area (Å²) in [6.07, 6.45) is 1.06. The van der Waals surface area contributed by atoms with Gasteiger partial charge in [-0.3, -0.25) is 4.99 Å². The van der Waals surface area contributed by atoms with Crippen LogP contribution in [0.3, 0.4) is 0 Å². The first kappa shape index (κ1) is 18.5. The monoisotopic (exact) mass is 334 g/mol. The topological polar surface area (TPSA) is 58.1 Å². The molecule has 1 heterocycles. The predicted molar refractivity (Wildman–Crippen MR) is 97.9 cm³/mol. The summed E-state index contributed by atoms with van der Waals surface area (Å²) in [5.41, 5.74) is 1.19. The van der Waals surface area contributed by atoms with Gasteiger partial charge < -0.3 is 25.0 Å². The van der Waals surface area contributed by atoms with Crippen molar-refractivity contribution in [3.05, 3.63) is 29.8 Å². The minimum absolute atomic E-state index is 0.174. The first-order valence-corrected chi connectivity index (χ1v) is 8.67. The summed E-state index contributed by atoms with van der Waals surface area (Å²) in [5.74, 6) is 1.77. The van der Waals surface area contributed by atoms with Crippen LogP contribution in [0.1, 0.15) is 12.5 Å². The average molecular weight is 334 g/mol. The van der Waals surface area contributed by atoms with Gasteiger partial charge in [-0.2, -0.15) is 0 Å². The van der Waals surface area contributed by atoms with Gasteiger partial charge in [-0.1, -0.05) is 18.2 Å². The van der Waals surface area contributed by atoms with Gasteiger partial charge in [0.1, 0.15) is 5.75 Å². The fourth-order valence-electron chi connectivity index (χ4n) is 2.74. The molecule has 0 spiro atoms. The number of benzene rings is 1. The maximum Gasteiger partial charge on any atom is 0.191 e. The van der Waals surface area contributed by atoms with Crippen LogP contribution in [0.4, 0.5) is 0 Å². The second-order valence-corrected chi connectivity index (χ2v) is 5.96. The van der Waals surface area contributed by atoms with Crippen molar-refractivity contribution in [2.24, 2.45) is 4.99 Å². The lowest BCUT2D eigenvalue weighted by Gasteiger charge is -2.29. The van der Waals surface area contributed by atoms with Gasteiger partial charge in [0.15, 0.2) is 5.96 Å². The van der Waals surface area contributed by atoms with E-state index in [1.165, 1.54) is 5.56 Å². The first-order valence-electron chi connectivity index (χ1n) is 8.67. The van der Waals surface area contributed by atoms with E-state index < -0.39 is 0 Å². The zero-order valence-corrected chi connectivity index (χ0v) is 15.0. The maximum atomic E-state index is 5.76. The minimum Gasteiger partial charge on any atom is -0.496 e. The van der Waals surface area contributed by atoms with Crippen LogP contribution < -0.4 is 15.4 Å². The molecule has 2 rings (SSSR count). The van der Waals surface area contributed by atoms with Crippen molar-refractivity contribution in [1.29, 1.82) is 0 Å². The number of nitrogens with one attached hydrogen (secondary N) is 2. The molecule has 134 valence electrons. The molecular weight excluding hydrogens is 304 g/mol. The van der Waals surface area contributed by atoms with Crippen LogP contribution >= 0.6 is 0 Å². The molecule has 1 atom stereocenters. The van der Waals surface area contributed by atoms with E-state index in [-0.39, 0.29) is 6.10 Å². The van der Waals surface area contributed by atoms with E-state index in [2.05, 4.69) is 40.6 Å². The Balaban J connectivity index is 1.82. The molecule has 1 unspecified atom stereocenters. The molecule has 0 bridgehead atoms. The highest BCUT2D eigenvalue weighted by atomic mass is 16.5. The molecular formula is C18H30N4O2. The number of guanidine groups is 1. The molecule has 2 N–H and O–H groups in total. The summed E-state index contributed by atoms with van der Waals surface area (Å²) >= 11 is 0. The smallest absolute Gasteiger partial charge is 0.191 e. The standard InChI is InChI=1S/C18H30N4O2/c1-4-19-18(21-13-16-14-22(2)11-12-24-16)20-10-9-15-7-5-6-8-17(15)23-3/h5-8,16H,4,9-14H2,1-3H3,(H2,19,20,21). The van der Waals surface area contributed by atoms with Crippen LogP contribution in [-0.4, -0.2) is 70.5 Å². The molecule has 0 aliphatic carbocycles. The van der Waals surface area contributed by atoms with Gasteiger partial charge in [-0.25, -0.2) is 0 Å². The SMILES string of the molecule is CCNC(=NCC1CN(C)CCO1)NCCc1ccccc1OC. The number of hydrogen-bond acceptors (Lipinski definition) is 4. The molecule has 1 fully saturated rings. The van der Waals surface area contributed by atoms with Gasteiger partial charge in [0.05, 0.1) is 26.4 Å². The zero-order chi connectivity index (χ0) is 17.2. The van der Waals surface area contributed by atoms with E-state index >= 15 is 0 Å². The Morgan fingerprint density at radius 1 is 1.38 bits per heavy atom. The van der Waals surface area contributed by atoms with Crippen LogP contribution in [0.2, 0.25) is 0 Å². The normalized spacial score (nSPS) is 19.1. The van der Waals surface area contributed by atoms with Crippen molar-refractivity contribution in [3.8, 4) is 5.75 Å². The van der Waals surface area contributed by atoms with Gasteiger partial charge in [0.25, 0.3) is 0 Å². The van der Waals surface area contributed by atoms with E-state index in [9.17, 15) is 0 Å². The van der Waals surface area contributed by atoms with E-state index in [1.807, 2.05) is 18.2 Å². The second kappa shape index (κ2) is 10.2. The maximum absolute atomic E-state index is 5.76. The fourth-order valence-corrected chi connectivity index (χ4v) is 2.74. The van der Waals surface area contributed by atoms with E-state index in [1.54, 1.807) is 7.11 Å². The quantitative estimate of drug-likeness (QED) is 0.578. The molecule has 0 amide bonds. The van der Waals surface area contributed by atoms with Gasteiger partial charge in [0, 0.05) is 26.2 Å². The number of methoxy groups -OCH3 is 1.